The summed E-state index contributed by atoms with van der Waals surface area (Å²) in [4.78, 5) is 46.2. The number of benzene rings is 8. The van der Waals surface area contributed by atoms with Gasteiger partial charge in [-0.15, -0.1) is 0 Å². The third-order valence-electron chi connectivity index (χ3n) is 12.2. The van der Waals surface area contributed by atoms with Crippen molar-refractivity contribution in [1.82, 2.24) is 4.98 Å². The summed E-state index contributed by atoms with van der Waals surface area (Å²) in [5.41, 5.74) is 9.41. The fourth-order valence-electron chi connectivity index (χ4n) is 9.29. The second-order valence-electron chi connectivity index (χ2n) is 15.8. The summed E-state index contributed by atoms with van der Waals surface area (Å²) in [7, 11) is 0. The Balaban J connectivity index is 0.000000143. The van der Waals surface area contributed by atoms with Crippen LogP contribution >= 0.6 is 63.7 Å². The summed E-state index contributed by atoms with van der Waals surface area (Å²) >= 11 is 13.8. The zero-order valence-corrected chi connectivity index (χ0v) is 39.5. The van der Waals surface area contributed by atoms with E-state index in [4.69, 9.17) is 0 Å². The van der Waals surface area contributed by atoms with Gasteiger partial charge in [-0.2, -0.15) is 0 Å². The number of hydrogen-bond donors (Lipinski definition) is 4. The van der Waals surface area contributed by atoms with Crippen molar-refractivity contribution in [2.75, 3.05) is 10.6 Å². The number of fused-ring (bicyclic) bond motifs is 10. The molecule has 0 saturated heterocycles. The highest BCUT2D eigenvalue weighted by molar-refractivity contribution is 9.11. The number of carbonyl (C=O) groups excluding carboxylic acids is 3. The number of anilines is 2. The summed E-state index contributed by atoms with van der Waals surface area (Å²) in [6.07, 6.45) is 0. The monoisotopic (exact) mass is 1090 g/mol. The first kappa shape index (κ1) is 40.6. The number of aromatic amines is 1. The molecule has 3 amide bonds. The third kappa shape index (κ3) is 6.74. The zero-order valence-electron chi connectivity index (χ0n) is 33.1. The number of halogens is 4. The first-order chi connectivity index (χ1) is 31.0. The number of amides is 3. The van der Waals surface area contributed by atoms with E-state index >= 15 is 0 Å². The topological polar surface area (TPSA) is 124 Å². The van der Waals surface area contributed by atoms with Gasteiger partial charge in [0.05, 0.1) is 45.2 Å². The van der Waals surface area contributed by atoms with Crippen LogP contribution in [-0.2, 0) is 14.4 Å². The first-order valence-corrected chi connectivity index (χ1v) is 23.4. The Morgan fingerprint density at radius 1 is 0.469 bits per heavy atom. The van der Waals surface area contributed by atoms with Crippen LogP contribution in [0, 0.1) is 0 Å². The Bertz CT molecular complexity index is 3500. The van der Waals surface area contributed by atoms with Crippen molar-refractivity contribution < 1.29 is 19.5 Å². The van der Waals surface area contributed by atoms with Crippen LogP contribution in [0.1, 0.15) is 39.7 Å². The molecule has 8 nitrogen and oxygen atoms in total. The van der Waals surface area contributed by atoms with Crippen LogP contribution in [0.2, 0.25) is 0 Å². The number of aromatic nitrogens is 1. The molecule has 1 aromatic heterocycles. The molecule has 4 heterocycles. The average molecular weight is 1090 g/mol. The molecule has 0 radical (unpaired) electrons. The van der Waals surface area contributed by atoms with E-state index in [-0.39, 0.29) is 35.4 Å². The second-order valence-corrected chi connectivity index (χ2v) is 19.5. The molecule has 0 fully saturated rings. The molecule has 0 aliphatic carbocycles. The maximum absolute atomic E-state index is 12.9. The first-order valence-electron chi connectivity index (χ1n) is 20.2. The number of H-pyrrole nitrogens is 1. The number of rotatable bonds is 4. The van der Waals surface area contributed by atoms with E-state index in [1.54, 1.807) is 0 Å². The largest absolute Gasteiger partial charge is 0.494 e. The van der Waals surface area contributed by atoms with Gasteiger partial charge >= 0.3 is 0 Å². The van der Waals surface area contributed by atoms with Crippen LogP contribution in [0.15, 0.2) is 168 Å². The molecule has 9 aromatic rings. The SMILES string of the molecule is O=C1N=c2c(ccc3c2ccc2c(-c4ccc(Br)cc4)c(O)[nH]c23)=C1c1ccc(Br)cc1.O=C1Nc2c(ccc3c4c(ccc23)C(c2ccc(Br)cc2)C(=O)N4)C1c1ccc(Br)cc1. The van der Waals surface area contributed by atoms with Gasteiger partial charge in [-0.3, -0.25) is 14.4 Å². The lowest BCUT2D eigenvalue weighted by Gasteiger charge is -2.13. The second kappa shape index (κ2) is 15.8. The van der Waals surface area contributed by atoms with Crippen LogP contribution < -0.4 is 21.2 Å². The normalized spacial score (nSPS) is 16.0. The van der Waals surface area contributed by atoms with Gasteiger partial charge < -0.3 is 20.7 Å². The summed E-state index contributed by atoms with van der Waals surface area (Å²) < 4.78 is 3.89. The van der Waals surface area contributed by atoms with Crippen molar-refractivity contribution in [3.8, 4) is 17.0 Å². The number of aromatic hydroxyl groups is 1. The highest BCUT2D eigenvalue weighted by Gasteiger charge is 2.37. The Morgan fingerprint density at radius 3 is 1.42 bits per heavy atom. The van der Waals surface area contributed by atoms with Crippen LogP contribution in [0.5, 0.6) is 5.88 Å². The molecule has 0 bridgehead atoms. The molecule has 0 spiro atoms. The standard InChI is InChI=1S/C26H16Br2N2O2.C26H14Br2N2O2/c2*27-15-5-1-13(2-6-15)21-19-11-9-18-17(23(19)29-25(21)31)10-12-20-22(26(32)30-24(18)20)14-3-7-16(28)8-4-14/h1-12,21-22H,(H,29,31)(H,30,32);1-12,29,31H. The molecule has 3 aliphatic heterocycles. The lowest BCUT2D eigenvalue weighted by Crippen LogP contribution is -2.24. The van der Waals surface area contributed by atoms with Gasteiger partial charge in [-0.05, 0) is 81.9 Å². The van der Waals surface area contributed by atoms with Crippen LogP contribution in [0.25, 0.3) is 49.1 Å². The fraction of sp³-hybridized carbons (Fsp3) is 0.0385. The Morgan fingerprint density at radius 2 is 0.906 bits per heavy atom. The predicted molar refractivity (Wildman–Crippen MR) is 266 cm³/mol. The van der Waals surface area contributed by atoms with Gasteiger partial charge in [-0.1, -0.05) is 161 Å². The zero-order chi connectivity index (χ0) is 44.0. The molecular weight excluding hydrogens is 1060 g/mol. The molecule has 8 aromatic carbocycles. The molecule has 0 saturated carbocycles. The van der Waals surface area contributed by atoms with Crippen molar-refractivity contribution in [2.45, 2.75) is 11.8 Å². The Kier molecular flexibility index (Phi) is 10.0. The van der Waals surface area contributed by atoms with Crippen molar-refractivity contribution in [2.24, 2.45) is 4.99 Å². The number of nitrogens with zero attached hydrogens (tertiary/aromatic N) is 1. The van der Waals surface area contributed by atoms with E-state index in [0.717, 1.165) is 106 Å². The molecule has 12 rings (SSSR count). The van der Waals surface area contributed by atoms with Gasteiger partial charge in [0.25, 0.3) is 5.91 Å². The predicted octanol–water partition coefficient (Wildman–Crippen LogP) is 12.1. The van der Waals surface area contributed by atoms with Crippen molar-refractivity contribution in [3.05, 3.63) is 202 Å². The summed E-state index contributed by atoms with van der Waals surface area (Å²) in [6.45, 7) is 0. The van der Waals surface area contributed by atoms with Gasteiger partial charge in [0.1, 0.15) is 0 Å². The fourth-order valence-corrected chi connectivity index (χ4v) is 10.3. The maximum Gasteiger partial charge on any atom is 0.278 e. The molecule has 3 aliphatic rings. The minimum Gasteiger partial charge on any atom is -0.494 e. The van der Waals surface area contributed by atoms with E-state index in [1.807, 2.05) is 146 Å². The van der Waals surface area contributed by atoms with E-state index in [2.05, 4.69) is 84.3 Å². The number of hydrogen-bond acceptors (Lipinski definition) is 4. The van der Waals surface area contributed by atoms with Crippen molar-refractivity contribution in [1.29, 1.82) is 0 Å². The molecular formula is C52H30Br4N4O4. The molecule has 310 valence electrons. The minimum atomic E-state index is -0.346. The minimum absolute atomic E-state index is 0.0351. The smallest absolute Gasteiger partial charge is 0.278 e. The van der Waals surface area contributed by atoms with Crippen LogP contribution in [0.4, 0.5) is 11.4 Å². The van der Waals surface area contributed by atoms with E-state index in [1.165, 1.54) is 0 Å². The van der Waals surface area contributed by atoms with Gasteiger partial charge in [0.15, 0.2) is 5.88 Å². The van der Waals surface area contributed by atoms with E-state index in [9.17, 15) is 19.5 Å². The quantitative estimate of drug-likeness (QED) is 0.140. The highest BCUT2D eigenvalue weighted by Crippen LogP contribution is 2.48. The molecule has 2 atom stereocenters. The van der Waals surface area contributed by atoms with Gasteiger partial charge in [-0.25, -0.2) is 4.99 Å². The third-order valence-corrected chi connectivity index (χ3v) is 14.3. The number of carbonyl (C=O) groups is 3. The molecule has 4 N–H and O–H groups in total. The van der Waals surface area contributed by atoms with Crippen LogP contribution in [-0.4, -0.2) is 27.8 Å². The van der Waals surface area contributed by atoms with Crippen molar-refractivity contribution in [3.63, 3.8) is 0 Å². The van der Waals surface area contributed by atoms with E-state index in [0.29, 0.717) is 10.9 Å². The van der Waals surface area contributed by atoms with Gasteiger partial charge in [0, 0.05) is 50.0 Å². The molecule has 2 unspecified atom stereocenters. The number of nitrogens with one attached hydrogen (secondary N) is 3. The lowest BCUT2D eigenvalue weighted by atomic mass is 9.88. The molecule has 12 heteroatoms. The van der Waals surface area contributed by atoms with Gasteiger partial charge in [0.2, 0.25) is 11.8 Å². The van der Waals surface area contributed by atoms with E-state index < -0.39 is 0 Å². The Labute approximate surface area is 398 Å². The highest BCUT2D eigenvalue weighted by atomic mass is 79.9. The summed E-state index contributed by atoms with van der Waals surface area (Å²) in [5, 5.41) is 23.0. The summed E-state index contributed by atoms with van der Waals surface area (Å²) in [5.74, 6) is -0.883. The average Bonchev–Trinajstić information content (AvgIpc) is 4.03. The maximum atomic E-state index is 12.9. The summed E-state index contributed by atoms with van der Waals surface area (Å²) in [6, 6.07) is 47.1. The van der Waals surface area contributed by atoms with Crippen molar-refractivity contribution >= 4 is 131 Å². The lowest BCUT2D eigenvalue weighted by molar-refractivity contribution is -0.117. The Hall–Kier alpha value is -6.18. The molecule has 64 heavy (non-hydrogen) atoms. The van der Waals surface area contributed by atoms with Crippen LogP contribution in [0.3, 0.4) is 0 Å².